The fourth-order valence-electron chi connectivity index (χ4n) is 1.20. The average molecular weight is 211 g/mol. The number of nitrogens with one attached hydrogen (secondary N) is 2. The summed E-state index contributed by atoms with van der Waals surface area (Å²) in [5.74, 6) is 1.42. The van der Waals surface area contributed by atoms with E-state index in [2.05, 4.69) is 20.5 Å². The smallest absolute Gasteiger partial charge is 0.239 e. The first-order valence-electron chi connectivity index (χ1n) is 4.84. The lowest BCUT2D eigenvalue weighted by molar-refractivity contribution is -0.132. The second kappa shape index (κ2) is 4.88. The number of rotatable bonds is 4. The number of likely N-dealkylation sites (N-methyl/N-ethyl adjacent to an activating group) is 2. The Morgan fingerprint density at radius 1 is 1.67 bits per heavy atom. The topological polar surface area (TPSA) is 73.9 Å². The van der Waals surface area contributed by atoms with E-state index in [-0.39, 0.29) is 11.9 Å². The Labute approximate surface area is 89.1 Å². The molecule has 0 aliphatic heterocycles. The van der Waals surface area contributed by atoms with Crippen molar-refractivity contribution in [3.8, 4) is 0 Å². The fraction of sp³-hybridized carbons (Fsp3) is 0.667. The van der Waals surface area contributed by atoms with Crippen molar-refractivity contribution < 1.29 is 4.79 Å². The van der Waals surface area contributed by atoms with Gasteiger partial charge in [-0.2, -0.15) is 5.10 Å². The van der Waals surface area contributed by atoms with Crippen LogP contribution in [0.3, 0.4) is 0 Å². The lowest BCUT2D eigenvalue weighted by atomic mass is 10.3. The molecule has 84 valence electrons. The first kappa shape index (κ1) is 11.6. The Bertz CT molecular complexity index is 335. The number of carbonyl (C=O) groups is 1. The number of aryl methyl sites for hydroxylation is 1. The lowest BCUT2D eigenvalue weighted by Gasteiger charge is -2.19. The van der Waals surface area contributed by atoms with Crippen LogP contribution in [-0.4, -0.2) is 46.1 Å². The van der Waals surface area contributed by atoms with Crippen LogP contribution in [0.5, 0.6) is 0 Å². The summed E-state index contributed by atoms with van der Waals surface area (Å²) in [5, 5.41) is 9.61. The van der Waals surface area contributed by atoms with E-state index in [0.29, 0.717) is 12.4 Å². The summed E-state index contributed by atoms with van der Waals surface area (Å²) in [4.78, 5) is 17.4. The van der Waals surface area contributed by atoms with Crippen molar-refractivity contribution in [2.24, 2.45) is 0 Å². The number of H-pyrrole nitrogens is 1. The molecule has 0 aliphatic carbocycles. The van der Waals surface area contributed by atoms with Crippen LogP contribution in [0.2, 0.25) is 0 Å². The maximum Gasteiger partial charge on any atom is 0.239 e. The molecule has 1 atom stereocenters. The third-order valence-electron chi connectivity index (χ3n) is 2.20. The molecule has 6 heteroatoms. The van der Waals surface area contributed by atoms with Gasteiger partial charge in [0.2, 0.25) is 5.91 Å². The first-order valence-corrected chi connectivity index (χ1v) is 4.84. The van der Waals surface area contributed by atoms with Crippen molar-refractivity contribution in [2.45, 2.75) is 26.4 Å². The first-order chi connectivity index (χ1) is 7.04. The summed E-state index contributed by atoms with van der Waals surface area (Å²) in [5.41, 5.74) is 0. The number of hydrogen-bond donors (Lipinski definition) is 2. The number of nitrogens with zero attached hydrogens (tertiary/aromatic N) is 3. The molecule has 1 aromatic heterocycles. The average Bonchev–Trinajstić information content (AvgIpc) is 2.61. The monoisotopic (exact) mass is 211 g/mol. The number of hydrogen-bond acceptors (Lipinski definition) is 4. The van der Waals surface area contributed by atoms with Crippen molar-refractivity contribution in [2.75, 3.05) is 14.1 Å². The number of amides is 1. The van der Waals surface area contributed by atoms with E-state index >= 15 is 0 Å². The zero-order valence-electron chi connectivity index (χ0n) is 9.53. The van der Waals surface area contributed by atoms with Crippen LogP contribution in [0.4, 0.5) is 0 Å². The van der Waals surface area contributed by atoms with Crippen molar-refractivity contribution in [3.63, 3.8) is 0 Å². The van der Waals surface area contributed by atoms with Gasteiger partial charge in [0.15, 0.2) is 5.82 Å². The van der Waals surface area contributed by atoms with Crippen molar-refractivity contribution >= 4 is 5.91 Å². The molecule has 15 heavy (non-hydrogen) atoms. The molecule has 0 aliphatic rings. The van der Waals surface area contributed by atoms with Gasteiger partial charge in [-0.15, -0.1) is 0 Å². The molecule has 6 nitrogen and oxygen atoms in total. The van der Waals surface area contributed by atoms with Gasteiger partial charge < -0.3 is 10.2 Å². The van der Waals surface area contributed by atoms with Crippen molar-refractivity contribution in [3.05, 3.63) is 11.6 Å². The summed E-state index contributed by atoms with van der Waals surface area (Å²) in [6.45, 7) is 4.08. The van der Waals surface area contributed by atoms with Crippen LogP contribution >= 0.6 is 0 Å². The number of aromatic amines is 1. The van der Waals surface area contributed by atoms with E-state index in [4.69, 9.17) is 0 Å². The highest BCUT2D eigenvalue weighted by Crippen LogP contribution is 1.99. The number of carbonyl (C=O) groups excluding carboxylic acids is 1. The van der Waals surface area contributed by atoms with Gasteiger partial charge in [0.1, 0.15) is 5.82 Å². The maximum absolute atomic E-state index is 11.7. The molecule has 1 unspecified atom stereocenters. The predicted molar refractivity (Wildman–Crippen MR) is 56.1 cm³/mol. The molecule has 0 saturated carbocycles. The van der Waals surface area contributed by atoms with Gasteiger partial charge in [-0.1, -0.05) is 0 Å². The SMILES string of the molecule is CNC(C)C(=O)N(C)Cc1n[nH]c(C)n1. The largest absolute Gasteiger partial charge is 0.337 e. The molecular weight excluding hydrogens is 194 g/mol. The second-order valence-electron chi connectivity index (χ2n) is 3.54. The molecule has 0 bridgehead atoms. The third-order valence-corrected chi connectivity index (χ3v) is 2.20. The van der Waals surface area contributed by atoms with Gasteiger partial charge in [-0.3, -0.25) is 9.89 Å². The zero-order chi connectivity index (χ0) is 11.4. The quantitative estimate of drug-likeness (QED) is 0.716. The molecule has 1 amide bonds. The summed E-state index contributed by atoms with van der Waals surface area (Å²) in [7, 11) is 3.50. The third kappa shape index (κ3) is 3.02. The van der Waals surface area contributed by atoms with E-state index in [9.17, 15) is 4.79 Å². The van der Waals surface area contributed by atoms with Crippen LogP contribution in [-0.2, 0) is 11.3 Å². The molecule has 0 saturated heterocycles. The Kier molecular flexibility index (Phi) is 3.79. The minimum absolute atomic E-state index is 0.0277. The standard InChI is InChI=1S/C9H17N5O/c1-6(10-3)9(15)14(4)5-8-11-7(2)12-13-8/h6,10H,5H2,1-4H3,(H,11,12,13). The normalized spacial score (nSPS) is 12.5. The van der Waals surface area contributed by atoms with E-state index in [1.807, 2.05) is 13.8 Å². The summed E-state index contributed by atoms with van der Waals surface area (Å²) in [6.07, 6.45) is 0. The summed E-state index contributed by atoms with van der Waals surface area (Å²) in [6, 6.07) is -0.185. The van der Waals surface area contributed by atoms with Crippen LogP contribution in [0, 0.1) is 6.92 Å². The highest BCUT2D eigenvalue weighted by Gasteiger charge is 2.16. The maximum atomic E-state index is 11.7. The van der Waals surface area contributed by atoms with Crippen LogP contribution in [0.1, 0.15) is 18.6 Å². The predicted octanol–water partition coefficient (Wildman–Crippen LogP) is -0.321. The molecule has 0 spiro atoms. The number of aromatic nitrogens is 3. The molecule has 1 rings (SSSR count). The molecule has 1 heterocycles. The van der Waals surface area contributed by atoms with Gasteiger partial charge >= 0.3 is 0 Å². The Hall–Kier alpha value is -1.43. The Morgan fingerprint density at radius 2 is 2.33 bits per heavy atom. The Balaban J connectivity index is 2.55. The van der Waals surface area contributed by atoms with Gasteiger partial charge in [0.05, 0.1) is 12.6 Å². The molecule has 1 aromatic rings. The van der Waals surface area contributed by atoms with Gasteiger partial charge in [-0.05, 0) is 20.9 Å². The van der Waals surface area contributed by atoms with E-state index < -0.39 is 0 Å². The van der Waals surface area contributed by atoms with Gasteiger partial charge in [0, 0.05) is 7.05 Å². The molecule has 0 fully saturated rings. The highest BCUT2D eigenvalue weighted by molar-refractivity contribution is 5.81. The zero-order valence-corrected chi connectivity index (χ0v) is 9.53. The van der Waals surface area contributed by atoms with Crippen LogP contribution in [0.25, 0.3) is 0 Å². The Morgan fingerprint density at radius 3 is 2.80 bits per heavy atom. The van der Waals surface area contributed by atoms with Crippen LogP contribution in [0.15, 0.2) is 0 Å². The van der Waals surface area contributed by atoms with E-state index in [1.165, 1.54) is 0 Å². The van der Waals surface area contributed by atoms with Crippen LogP contribution < -0.4 is 5.32 Å². The van der Waals surface area contributed by atoms with E-state index in [1.54, 1.807) is 19.0 Å². The molecule has 0 radical (unpaired) electrons. The van der Waals surface area contributed by atoms with E-state index in [0.717, 1.165) is 5.82 Å². The van der Waals surface area contributed by atoms with Gasteiger partial charge in [0.25, 0.3) is 0 Å². The molecular formula is C9H17N5O. The highest BCUT2D eigenvalue weighted by atomic mass is 16.2. The molecule has 0 aromatic carbocycles. The lowest BCUT2D eigenvalue weighted by Crippen LogP contribution is -2.41. The molecule has 2 N–H and O–H groups in total. The fourth-order valence-corrected chi connectivity index (χ4v) is 1.20. The minimum Gasteiger partial charge on any atom is -0.337 e. The van der Waals surface area contributed by atoms with Gasteiger partial charge in [-0.25, -0.2) is 4.98 Å². The minimum atomic E-state index is -0.185. The van der Waals surface area contributed by atoms with Crippen molar-refractivity contribution in [1.29, 1.82) is 0 Å². The summed E-state index contributed by atoms with van der Waals surface area (Å²) >= 11 is 0. The summed E-state index contributed by atoms with van der Waals surface area (Å²) < 4.78 is 0. The van der Waals surface area contributed by atoms with Crippen molar-refractivity contribution in [1.82, 2.24) is 25.4 Å². The second-order valence-corrected chi connectivity index (χ2v) is 3.54.